The normalized spacial score (nSPS) is 9.00. The predicted octanol–water partition coefficient (Wildman–Crippen LogP) is -15.4. The van der Waals surface area contributed by atoms with Gasteiger partial charge in [-0.3, -0.25) is 0 Å². The maximum absolute atomic E-state index is 8.58. The van der Waals surface area contributed by atoms with Gasteiger partial charge < -0.3 is 84.7 Å². The average Bonchev–Trinajstić information content (AvgIpc) is 1.41. The van der Waals surface area contributed by atoms with Gasteiger partial charge in [0.1, 0.15) is 0 Å². The first-order valence-electron chi connectivity index (χ1n) is 2.45. The van der Waals surface area contributed by atoms with Crippen LogP contribution in [0.4, 0.5) is 0 Å². The molecule has 0 radical (unpaired) electrons. The van der Waals surface area contributed by atoms with Gasteiger partial charge in [0.05, 0.1) is 0 Å². The van der Waals surface area contributed by atoms with Gasteiger partial charge in [-0.15, -0.1) is 0 Å². The molecular formula is Mo5O12Si3+8. The van der Waals surface area contributed by atoms with E-state index in [1.54, 1.807) is 0 Å². The largest absolute Gasteiger partial charge is 4.00 e. The third-order valence-electron chi connectivity index (χ3n) is 0. The van der Waals surface area contributed by atoms with Crippen molar-refractivity contribution in [2.75, 3.05) is 0 Å². The van der Waals surface area contributed by atoms with Crippen LogP contribution in [0.5, 0.6) is 0 Å². The third kappa shape index (κ3) is 704. The summed E-state index contributed by atoms with van der Waals surface area (Å²) in [6, 6.07) is 0. The standard InChI is InChI=1S/5Mo.3O4Si/c;;;;;3*1-5(2,3)4/q5*+4;3*-4. The SMILES string of the molecule is [Mo+4].[Mo+4].[Mo+4].[Mo+4].[Mo+4].[O-][Si]([O-])([O-])[O-].[O-][Si]([O-])([O-])[O-].[O-][Si]([O-])([O-])[O-]. The number of hydrogen-bond donors (Lipinski definition) is 0. The molecular weight excluding hydrogens is 756 g/mol. The zero-order chi connectivity index (χ0) is 13.5. The summed E-state index contributed by atoms with van der Waals surface area (Å²) in [5, 5.41) is 0. The van der Waals surface area contributed by atoms with Crippen molar-refractivity contribution in [2.24, 2.45) is 0 Å². The predicted molar refractivity (Wildman–Crippen MR) is 17.3 cm³/mol. The van der Waals surface area contributed by atoms with Crippen LogP contribution in [-0.4, -0.2) is 27.1 Å². The van der Waals surface area contributed by atoms with Crippen molar-refractivity contribution < 1.29 is 163 Å². The maximum atomic E-state index is 8.58. The van der Waals surface area contributed by atoms with Crippen LogP contribution in [0.1, 0.15) is 0 Å². The summed E-state index contributed by atoms with van der Waals surface area (Å²) in [7, 11) is -16.8. The minimum absolute atomic E-state index is 0. The van der Waals surface area contributed by atoms with Gasteiger partial charge in [0, 0.05) is 0 Å². The molecule has 0 aromatic rings. The molecule has 0 fully saturated rings. The van der Waals surface area contributed by atoms with E-state index in [9.17, 15) is 0 Å². The Morgan fingerprint density at radius 3 is 0.250 bits per heavy atom. The Balaban J connectivity index is -0.0000000160. The molecule has 0 unspecified atom stereocenters. The molecule has 0 bridgehead atoms. The fourth-order valence-electron chi connectivity index (χ4n) is 0. The second-order valence-corrected chi connectivity index (χ2v) is 4.50. The van der Waals surface area contributed by atoms with Gasteiger partial charge >= 0.3 is 105 Å². The molecule has 0 aliphatic carbocycles. The van der Waals surface area contributed by atoms with E-state index in [0.29, 0.717) is 0 Å². The Morgan fingerprint density at radius 2 is 0.250 bits per heavy atom. The van der Waals surface area contributed by atoms with Crippen LogP contribution >= 0.6 is 0 Å². The van der Waals surface area contributed by atoms with E-state index in [1.165, 1.54) is 0 Å². The summed E-state index contributed by atoms with van der Waals surface area (Å²) in [5.41, 5.74) is 0. The fourth-order valence-corrected chi connectivity index (χ4v) is 0. The molecule has 0 aromatic carbocycles. The molecule has 12 nitrogen and oxygen atoms in total. The molecule has 0 aromatic heterocycles. The summed E-state index contributed by atoms with van der Waals surface area (Å²) < 4.78 is 0. The minimum atomic E-state index is -5.61. The van der Waals surface area contributed by atoms with Crippen LogP contribution in [0, 0.1) is 0 Å². The number of rotatable bonds is 0. The van der Waals surface area contributed by atoms with Crippen LogP contribution in [0.25, 0.3) is 0 Å². The summed E-state index contributed by atoms with van der Waals surface area (Å²) in [5.74, 6) is 0. The second-order valence-electron chi connectivity index (χ2n) is 1.50. The van der Waals surface area contributed by atoms with E-state index >= 15 is 0 Å². The van der Waals surface area contributed by atoms with E-state index < -0.39 is 27.1 Å². The van der Waals surface area contributed by atoms with Crippen molar-refractivity contribution in [2.45, 2.75) is 0 Å². The zero-order valence-corrected chi connectivity index (χ0v) is 21.5. The van der Waals surface area contributed by atoms with Gasteiger partial charge in [-0.25, -0.2) is 0 Å². The van der Waals surface area contributed by atoms with Gasteiger partial charge in [-0.05, 0) is 0 Å². The Morgan fingerprint density at radius 1 is 0.250 bits per heavy atom. The topological polar surface area (TPSA) is 277 Å². The van der Waals surface area contributed by atoms with Gasteiger partial charge in [-0.2, -0.15) is 0 Å². The van der Waals surface area contributed by atoms with Crippen LogP contribution in [0.15, 0.2) is 0 Å². The molecule has 0 saturated heterocycles. The molecule has 0 aliphatic rings. The molecule has 0 amide bonds. The molecule has 0 saturated carbocycles. The van der Waals surface area contributed by atoms with Crippen LogP contribution < -0.4 is 57.5 Å². The Hall–Kier alpha value is 3.61. The molecule has 20 heavy (non-hydrogen) atoms. The van der Waals surface area contributed by atoms with Gasteiger partial charge in [0.15, 0.2) is 0 Å². The number of hydrogen-bond acceptors (Lipinski definition) is 12. The first kappa shape index (κ1) is 49.5. The van der Waals surface area contributed by atoms with Crippen molar-refractivity contribution in [1.82, 2.24) is 0 Å². The van der Waals surface area contributed by atoms with Crippen molar-refractivity contribution in [3.05, 3.63) is 0 Å². The van der Waals surface area contributed by atoms with E-state index in [0.717, 1.165) is 0 Å². The van der Waals surface area contributed by atoms with Gasteiger partial charge in [0.2, 0.25) is 0 Å². The van der Waals surface area contributed by atoms with Gasteiger partial charge in [-0.1, -0.05) is 0 Å². The van der Waals surface area contributed by atoms with E-state index in [2.05, 4.69) is 0 Å². The van der Waals surface area contributed by atoms with Crippen molar-refractivity contribution in [1.29, 1.82) is 0 Å². The van der Waals surface area contributed by atoms with Crippen molar-refractivity contribution in [3.63, 3.8) is 0 Å². The average molecular weight is 756 g/mol. The molecule has 0 atom stereocenters. The zero-order valence-electron chi connectivity index (χ0n) is 8.44. The molecule has 0 N–H and O–H groups in total. The van der Waals surface area contributed by atoms with Crippen molar-refractivity contribution >= 4 is 27.1 Å². The Bertz CT molecular complexity index is 102. The molecule has 0 aliphatic heterocycles. The maximum Gasteiger partial charge on any atom is 4.00 e. The summed E-state index contributed by atoms with van der Waals surface area (Å²) in [4.78, 5) is 103. The first-order valence-corrected chi connectivity index (χ1v) is 7.35. The summed E-state index contributed by atoms with van der Waals surface area (Å²) >= 11 is 0. The molecule has 0 spiro atoms. The van der Waals surface area contributed by atoms with Crippen LogP contribution in [0.2, 0.25) is 0 Å². The van der Waals surface area contributed by atoms with E-state index in [1.807, 2.05) is 0 Å². The summed E-state index contributed by atoms with van der Waals surface area (Å²) in [6.45, 7) is 0. The smallest absolute Gasteiger partial charge is 0.894 e. The quantitative estimate of drug-likeness (QED) is 0.209. The molecule has 0 rings (SSSR count). The first-order chi connectivity index (χ1) is 6.00. The Kier molecular flexibility index (Phi) is 56.0. The van der Waals surface area contributed by atoms with Gasteiger partial charge in [0.25, 0.3) is 0 Å². The van der Waals surface area contributed by atoms with E-state index in [-0.39, 0.29) is 105 Å². The van der Waals surface area contributed by atoms with Crippen LogP contribution in [0.3, 0.4) is 0 Å². The van der Waals surface area contributed by atoms with E-state index in [4.69, 9.17) is 57.5 Å². The summed E-state index contributed by atoms with van der Waals surface area (Å²) in [6.07, 6.45) is 0. The van der Waals surface area contributed by atoms with Crippen LogP contribution in [-0.2, 0) is 105 Å². The molecule has 0 heterocycles. The Labute approximate surface area is 187 Å². The van der Waals surface area contributed by atoms with Crippen molar-refractivity contribution in [3.8, 4) is 0 Å². The fraction of sp³-hybridized carbons (Fsp3) is 0. The third-order valence-corrected chi connectivity index (χ3v) is 0. The monoisotopic (exact) mass is 765 g/mol. The molecule has 20 heteroatoms. The minimum Gasteiger partial charge on any atom is -0.894 e. The molecule has 106 valence electrons. The second kappa shape index (κ2) is 22.6.